The molecule has 3 heterocycles. The van der Waals surface area contributed by atoms with Gasteiger partial charge in [-0.1, -0.05) is 158 Å². The molecule has 0 N–H and O–H groups in total. The van der Waals surface area contributed by atoms with E-state index in [2.05, 4.69) is 164 Å². The Morgan fingerprint density at radius 2 is 0.825 bits per heavy atom. The van der Waals surface area contributed by atoms with Gasteiger partial charge in [-0.15, -0.1) is 11.3 Å². The molecule has 0 radical (unpaired) electrons. The Balaban J connectivity index is 1.10. The van der Waals surface area contributed by atoms with Crippen molar-refractivity contribution in [1.82, 2.24) is 19.9 Å². The van der Waals surface area contributed by atoms with E-state index in [0.29, 0.717) is 17.5 Å². The molecule has 0 aliphatic heterocycles. The molecule has 0 saturated heterocycles. The third kappa shape index (κ3) is 4.99. The summed E-state index contributed by atoms with van der Waals surface area (Å²) in [7, 11) is 0. The maximum absolute atomic E-state index is 5.39. The van der Waals surface area contributed by atoms with Crippen molar-refractivity contribution < 1.29 is 0 Å². The maximum atomic E-state index is 5.39. The summed E-state index contributed by atoms with van der Waals surface area (Å²) >= 11 is 1.84. The van der Waals surface area contributed by atoms with Gasteiger partial charge in [0, 0.05) is 47.8 Å². The molecule has 3 aromatic heterocycles. The third-order valence-corrected chi connectivity index (χ3v) is 12.5. The molecule has 0 spiro atoms. The predicted octanol–water partition coefficient (Wildman–Crippen LogP) is 14.1. The second kappa shape index (κ2) is 12.6. The van der Waals surface area contributed by atoms with Crippen molar-refractivity contribution in [2.75, 3.05) is 0 Å². The van der Waals surface area contributed by atoms with Crippen LogP contribution in [0.5, 0.6) is 0 Å². The van der Waals surface area contributed by atoms with E-state index >= 15 is 0 Å². The predicted molar refractivity (Wildman–Crippen MR) is 240 cm³/mol. The number of benzene rings is 9. The highest BCUT2D eigenvalue weighted by atomic mass is 32.1. The summed E-state index contributed by atoms with van der Waals surface area (Å²) in [6.07, 6.45) is 0. The molecule has 57 heavy (non-hydrogen) atoms. The van der Waals surface area contributed by atoms with Crippen molar-refractivity contribution in [3.05, 3.63) is 182 Å². The van der Waals surface area contributed by atoms with Gasteiger partial charge in [0.25, 0.3) is 0 Å². The van der Waals surface area contributed by atoms with Gasteiger partial charge < -0.3 is 0 Å². The average molecular weight is 743 g/mol. The van der Waals surface area contributed by atoms with E-state index in [1.165, 1.54) is 57.9 Å². The molecule has 5 heteroatoms. The standard InChI is InChI=1S/C52H30N4S/c1-2-14-31(15-3-1)50-54-51(32-26-27-39-35-18-5-4-16-33(35)34-17-6-9-21-38(34)44(39)30-32)56-52(55-50)41-29-28-40(36-19-7-8-20-37(36)41)48-47-43-23-11-13-25-46(43)57-49(47)42-22-10-12-24-45(42)53-48/h1-30H. The van der Waals surface area contributed by atoms with Crippen LogP contribution in [0.15, 0.2) is 182 Å². The van der Waals surface area contributed by atoms with E-state index in [1.54, 1.807) is 0 Å². The second-order valence-electron chi connectivity index (χ2n) is 14.5. The van der Waals surface area contributed by atoms with Gasteiger partial charge >= 0.3 is 0 Å². The van der Waals surface area contributed by atoms with Crippen LogP contribution in [0.4, 0.5) is 0 Å². The summed E-state index contributed by atoms with van der Waals surface area (Å²) < 4.78 is 2.52. The van der Waals surface area contributed by atoms with E-state index in [9.17, 15) is 0 Å². The van der Waals surface area contributed by atoms with Gasteiger partial charge in [0.05, 0.1) is 11.2 Å². The SMILES string of the molecule is c1ccc(-c2nc(-c3ccc4c5ccccc5c5ccccc5c4c3)nc(-c3ccc(-c4nc5ccccc5c5sc6ccccc6c45)c4ccccc34)n2)cc1. The van der Waals surface area contributed by atoms with Crippen LogP contribution in [0.2, 0.25) is 0 Å². The molecule has 0 saturated carbocycles. The number of pyridine rings is 1. The first-order valence-corrected chi connectivity index (χ1v) is 20.0. The topological polar surface area (TPSA) is 51.6 Å². The number of aromatic nitrogens is 4. The molecule has 12 aromatic rings. The summed E-state index contributed by atoms with van der Waals surface area (Å²) in [5.41, 5.74) is 5.88. The number of fused-ring (bicyclic) bond motifs is 12. The first-order chi connectivity index (χ1) is 28.3. The normalized spacial score (nSPS) is 11.9. The molecule has 0 unspecified atom stereocenters. The lowest BCUT2D eigenvalue weighted by Crippen LogP contribution is -2.01. The van der Waals surface area contributed by atoms with E-state index in [4.69, 9.17) is 19.9 Å². The van der Waals surface area contributed by atoms with Gasteiger partial charge in [-0.3, -0.25) is 0 Å². The summed E-state index contributed by atoms with van der Waals surface area (Å²) in [5.74, 6) is 1.89. The monoisotopic (exact) mass is 742 g/mol. The number of nitrogens with zero attached hydrogens (tertiary/aromatic N) is 4. The minimum Gasteiger partial charge on any atom is -0.247 e. The smallest absolute Gasteiger partial charge is 0.164 e. The highest BCUT2D eigenvalue weighted by Gasteiger charge is 2.21. The van der Waals surface area contributed by atoms with Gasteiger partial charge in [0.2, 0.25) is 0 Å². The molecule has 0 fully saturated rings. The highest BCUT2D eigenvalue weighted by Crippen LogP contribution is 2.45. The molecule has 12 rings (SSSR count). The Kier molecular flexibility index (Phi) is 7.06. The van der Waals surface area contributed by atoms with E-state index in [1.807, 2.05) is 29.5 Å². The van der Waals surface area contributed by atoms with Crippen molar-refractivity contribution in [2.45, 2.75) is 0 Å². The molecule has 0 atom stereocenters. The van der Waals surface area contributed by atoms with Crippen molar-refractivity contribution in [2.24, 2.45) is 0 Å². The maximum Gasteiger partial charge on any atom is 0.164 e. The van der Waals surface area contributed by atoms with Crippen molar-refractivity contribution >= 4 is 85.5 Å². The van der Waals surface area contributed by atoms with Crippen LogP contribution in [0.3, 0.4) is 0 Å². The Labute approximate surface area is 331 Å². The van der Waals surface area contributed by atoms with Gasteiger partial charge in [-0.2, -0.15) is 0 Å². The Morgan fingerprint density at radius 3 is 1.54 bits per heavy atom. The number of thiophene rings is 1. The van der Waals surface area contributed by atoms with Gasteiger partial charge in [0.15, 0.2) is 17.5 Å². The lowest BCUT2D eigenvalue weighted by molar-refractivity contribution is 1.08. The van der Waals surface area contributed by atoms with Crippen LogP contribution in [0.25, 0.3) is 120 Å². The summed E-state index contributed by atoms with van der Waals surface area (Å²) in [6.45, 7) is 0. The summed E-state index contributed by atoms with van der Waals surface area (Å²) in [6, 6.07) is 64.3. The van der Waals surface area contributed by atoms with E-state index in [-0.39, 0.29) is 0 Å². The van der Waals surface area contributed by atoms with Crippen molar-refractivity contribution in [3.63, 3.8) is 0 Å². The molecular weight excluding hydrogens is 713 g/mol. The number of rotatable bonds is 4. The summed E-state index contributed by atoms with van der Waals surface area (Å²) in [5, 5.41) is 13.1. The summed E-state index contributed by atoms with van der Waals surface area (Å²) in [4.78, 5) is 21.0. The Bertz CT molecular complexity index is 3560. The number of hydrogen-bond acceptors (Lipinski definition) is 5. The molecule has 0 aliphatic carbocycles. The lowest BCUT2D eigenvalue weighted by Gasteiger charge is -2.15. The van der Waals surface area contributed by atoms with Crippen LogP contribution < -0.4 is 0 Å². The van der Waals surface area contributed by atoms with E-state index < -0.39 is 0 Å². The van der Waals surface area contributed by atoms with Crippen LogP contribution in [0, 0.1) is 0 Å². The Hall–Kier alpha value is -7.34. The fourth-order valence-electron chi connectivity index (χ4n) is 8.69. The third-order valence-electron chi connectivity index (χ3n) is 11.3. The minimum atomic E-state index is 0.627. The fourth-order valence-corrected chi connectivity index (χ4v) is 9.93. The quantitative estimate of drug-likeness (QED) is 0.169. The first-order valence-electron chi connectivity index (χ1n) is 19.1. The largest absolute Gasteiger partial charge is 0.247 e. The Morgan fingerprint density at radius 1 is 0.316 bits per heavy atom. The minimum absolute atomic E-state index is 0.627. The number of para-hydroxylation sites is 1. The molecule has 0 bridgehead atoms. The zero-order chi connectivity index (χ0) is 37.5. The molecular formula is C52H30N4S. The highest BCUT2D eigenvalue weighted by molar-refractivity contribution is 7.26. The molecule has 264 valence electrons. The van der Waals surface area contributed by atoms with Crippen LogP contribution >= 0.6 is 11.3 Å². The molecule has 0 aliphatic rings. The average Bonchev–Trinajstić information content (AvgIpc) is 3.69. The zero-order valence-corrected chi connectivity index (χ0v) is 31.3. The molecule has 9 aromatic carbocycles. The zero-order valence-electron chi connectivity index (χ0n) is 30.5. The molecule has 0 amide bonds. The van der Waals surface area contributed by atoms with Crippen molar-refractivity contribution in [3.8, 4) is 45.4 Å². The van der Waals surface area contributed by atoms with Gasteiger partial charge in [0.1, 0.15) is 0 Å². The first kappa shape index (κ1) is 32.0. The number of hydrogen-bond donors (Lipinski definition) is 0. The molecule has 4 nitrogen and oxygen atoms in total. The second-order valence-corrected chi connectivity index (χ2v) is 15.6. The van der Waals surface area contributed by atoms with E-state index in [0.717, 1.165) is 44.2 Å². The van der Waals surface area contributed by atoms with Crippen LogP contribution in [-0.2, 0) is 0 Å². The van der Waals surface area contributed by atoms with Crippen LogP contribution in [0.1, 0.15) is 0 Å². The van der Waals surface area contributed by atoms with Crippen molar-refractivity contribution in [1.29, 1.82) is 0 Å². The fraction of sp³-hybridized carbons (Fsp3) is 0. The van der Waals surface area contributed by atoms with Gasteiger partial charge in [-0.05, 0) is 67.4 Å². The van der Waals surface area contributed by atoms with Crippen LogP contribution in [-0.4, -0.2) is 19.9 Å². The lowest BCUT2D eigenvalue weighted by atomic mass is 9.93. The van der Waals surface area contributed by atoms with Gasteiger partial charge in [-0.25, -0.2) is 19.9 Å².